The highest BCUT2D eigenvalue weighted by Gasteiger charge is 2.11. The summed E-state index contributed by atoms with van der Waals surface area (Å²) in [5, 5.41) is 5.99. The van der Waals surface area contributed by atoms with Crippen LogP contribution < -0.4 is 15.9 Å². The van der Waals surface area contributed by atoms with Crippen molar-refractivity contribution in [1.82, 2.24) is 4.98 Å². The smallest absolute Gasteiger partial charge is 0.205 e. The molecule has 0 bridgehead atoms. The molecule has 0 unspecified atom stereocenters. The van der Waals surface area contributed by atoms with Gasteiger partial charge in [0.05, 0.1) is 12.8 Å². The number of ether oxygens (including phenoxy) is 1. The van der Waals surface area contributed by atoms with Crippen molar-refractivity contribution in [3.8, 4) is 5.75 Å². The number of nitrogen functional groups attached to an aromatic ring is 1. The predicted molar refractivity (Wildman–Crippen MR) is 79.9 cm³/mol. The van der Waals surface area contributed by atoms with Crippen LogP contribution in [-0.2, 0) is 0 Å². The largest absolute Gasteiger partial charge is 0.488 e. The van der Waals surface area contributed by atoms with Crippen LogP contribution in [0, 0.1) is 11.6 Å². The number of benzene rings is 1. The van der Waals surface area contributed by atoms with Crippen molar-refractivity contribution in [2.24, 2.45) is 5.10 Å². The van der Waals surface area contributed by atoms with Crippen molar-refractivity contribution < 1.29 is 13.5 Å². The summed E-state index contributed by atoms with van der Waals surface area (Å²) in [6.45, 7) is 2.11. The van der Waals surface area contributed by atoms with Gasteiger partial charge in [-0.25, -0.2) is 13.8 Å². The van der Waals surface area contributed by atoms with Crippen LogP contribution >= 0.6 is 11.3 Å². The summed E-state index contributed by atoms with van der Waals surface area (Å²) >= 11 is 1.27. The molecule has 1 aromatic heterocycles. The fourth-order valence-electron chi connectivity index (χ4n) is 1.50. The molecule has 0 aliphatic heterocycles. The standard InChI is InChI=1S/C13H14F2N4OS/c1-2-3-20-12-9(14)4-8(5-10(12)15)6-17-19-13-18-11(16)7-21-13/h4-7H,2-3,16H2,1H3,(H,18,19). The second-order valence-electron chi connectivity index (χ2n) is 4.11. The lowest BCUT2D eigenvalue weighted by molar-refractivity contribution is 0.285. The highest BCUT2D eigenvalue weighted by Crippen LogP contribution is 2.23. The van der Waals surface area contributed by atoms with Gasteiger partial charge in [-0.05, 0) is 18.6 Å². The number of halogens is 2. The Morgan fingerprint density at radius 3 is 2.71 bits per heavy atom. The lowest BCUT2D eigenvalue weighted by Crippen LogP contribution is -2.01. The summed E-state index contributed by atoms with van der Waals surface area (Å²) in [5.41, 5.74) is 8.34. The zero-order valence-corrected chi connectivity index (χ0v) is 12.1. The minimum atomic E-state index is -0.761. The number of aromatic nitrogens is 1. The van der Waals surface area contributed by atoms with E-state index in [1.807, 2.05) is 6.92 Å². The maximum absolute atomic E-state index is 13.7. The molecule has 112 valence electrons. The van der Waals surface area contributed by atoms with Crippen LogP contribution in [0.4, 0.5) is 19.7 Å². The molecule has 1 aromatic carbocycles. The van der Waals surface area contributed by atoms with Crippen molar-refractivity contribution >= 4 is 28.5 Å². The van der Waals surface area contributed by atoms with E-state index < -0.39 is 11.6 Å². The highest BCUT2D eigenvalue weighted by atomic mass is 32.1. The van der Waals surface area contributed by atoms with E-state index in [-0.39, 0.29) is 17.9 Å². The maximum Gasteiger partial charge on any atom is 0.205 e. The van der Waals surface area contributed by atoms with E-state index in [0.717, 1.165) is 12.1 Å². The van der Waals surface area contributed by atoms with Crippen LogP contribution in [0.5, 0.6) is 5.75 Å². The average Bonchev–Trinajstić information content (AvgIpc) is 2.84. The molecular weight excluding hydrogens is 298 g/mol. The Bertz CT molecular complexity index is 622. The summed E-state index contributed by atoms with van der Waals surface area (Å²) in [6.07, 6.45) is 1.95. The Kier molecular flexibility index (Phi) is 5.04. The van der Waals surface area contributed by atoms with Gasteiger partial charge in [-0.3, -0.25) is 5.43 Å². The normalized spacial score (nSPS) is 11.0. The summed E-state index contributed by atoms with van der Waals surface area (Å²) < 4.78 is 32.4. The number of hydrogen-bond acceptors (Lipinski definition) is 6. The molecule has 0 saturated carbocycles. The number of hydrazone groups is 1. The lowest BCUT2D eigenvalue weighted by Gasteiger charge is -2.07. The molecule has 0 fully saturated rings. The minimum Gasteiger partial charge on any atom is -0.488 e. The third-order valence-corrected chi connectivity index (χ3v) is 3.13. The fraction of sp³-hybridized carbons (Fsp3) is 0.231. The van der Waals surface area contributed by atoms with Crippen LogP contribution in [0.1, 0.15) is 18.9 Å². The van der Waals surface area contributed by atoms with Gasteiger partial charge in [-0.15, -0.1) is 11.3 Å². The van der Waals surface area contributed by atoms with Crippen molar-refractivity contribution in [3.63, 3.8) is 0 Å². The van der Waals surface area contributed by atoms with E-state index in [1.54, 1.807) is 5.38 Å². The third kappa shape index (κ3) is 4.12. The number of nitrogens with two attached hydrogens (primary N) is 1. The first-order chi connectivity index (χ1) is 10.1. The van der Waals surface area contributed by atoms with E-state index in [1.165, 1.54) is 17.6 Å². The van der Waals surface area contributed by atoms with Crippen molar-refractivity contribution in [2.45, 2.75) is 13.3 Å². The molecular formula is C13H14F2N4OS. The number of hydrogen-bond donors (Lipinski definition) is 2. The Labute approximate surface area is 124 Å². The van der Waals surface area contributed by atoms with Crippen LogP contribution in [-0.4, -0.2) is 17.8 Å². The molecule has 2 rings (SSSR count). The van der Waals surface area contributed by atoms with Crippen molar-refractivity contribution in [2.75, 3.05) is 17.8 Å². The number of anilines is 2. The van der Waals surface area contributed by atoms with Gasteiger partial charge in [0.1, 0.15) is 5.82 Å². The van der Waals surface area contributed by atoms with Crippen LogP contribution in [0.15, 0.2) is 22.6 Å². The Morgan fingerprint density at radius 1 is 1.43 bits per heavy atom. The minimum absolute atomic E-state index is 0.258. The highest BCUT2D eigenvalue weighted by molar-refractivity contribution is 7.14. The van der Waals surface area contributed by atoms with E-state index in [0.29, 0.717) is 17.4 Å². The molecule has 1 heterocycles. The molecule has 0 aliphatic carbocycles. The maximum atomic E-state index is 13.7. The van der Waals surface area contributed by atoms with Gasteiger partial charge in [0.25, 0.3) is 0 Å². The Balaban J connectivity index is 2.06. The lowest BCUT2D eigenvalue weighted by atomic mass is 10.2. The molecule has 0 saturated heterocycles. The van der Waals surface area contributed by atoms with Crippen LogP contribution in [0.25, 0.3) is 0 Å². The Hall–Kier alpha value is -2.22. The molecule has 0 atom stereocenters. The van der Waals surface area contributed by atoms with Gasteiger partial charge < -0.3 is 10.5 Å². The van der Waals surface area contributed by atoms with E-state index in [2.05, 4.69) is 15.5 Å². The zero-order chi connectivity index (χ0) is 15.2. The van der Waals surface area contributed by atoms with Crippen molar-refractivity contribution in [3.05, 3.63) is 34.7 Å². The topological polar surface area (TPSA) is 72.5 Å². The van der Waals surface area contributed by atoms with Gasteiger partial charge in [0.15, 0.2) is 17.4 Å². The predicted octanol–water partition coefficient (Wildman–Crippen LogP) is 3.24. The van der Waals surface area contributed by atoms with E-state index in [9.17, 15) is 8.78 Å². The summed E-state index contributed by atoms with van der Waals surface area (Å²) in [6, 6.07) is 2.30. The van der Waals surface area contributed by atoms with Crippen LogP contribution in [0.3, 0.4) is 0 Å². The van der Waals surface area contributed by atoms with E-state index >= 15 is 0 Å². The first-order valence-corrected chi connectivity index (χ1v) is 7.10. The molecule has 2 aromatic rings. The van der Waals surface area contributed by atoms with E-state index in [4.69, 9.17) is 10.5 Å². The first kappa shape index (κ1) is 15.2. The summed E-state index contributed by atoms with van der Waals surface area (Å²) in [4.78, 5) is 3.93. The van der Waals surface area contributed by atoms with Gasteiger partial charge >= 0.3 is 0 Å². The van der Waals surface area contributed by atoms with Crippen molar-refractivity contribution in [1.29, 1.82) is 0 Å². The molecule has 0 amide bonds. The third-order valence-electron chi connectivity index (χ3n) is 2.37. The van der Waals surface area contributed by atoms with Crippen LogP contribution in [0.2, 0.25) is 0 Å². The molecule has 0 aliphatic rings. The molecule has 0 radical (unpaired) electrons. The first-order valence-electron chi connectivity index (χ1n) is 6.22. The SMILES string of the molecule is CCCOc1c(F)cc(C=NNc2nc(N)cs2)cc1F. The monoisotopic (exact) mass is 312 g/mol. The number of nitrogens with zero attached hydrogens (tertiary/aromatic N) is 2. The second kappa shape index (κ2) is 6.98. The van der Waals surface area contributed by atoms with Gasteiger partial charge in [0, 0.05) is 10.9 Å². The number of thiazole rings is 1. The van der Waals surface area contributed by atoms with Gasteiger partial charge in [0.2, 0.25) is 5.13 Å². The second-order valence-corrected chi connectivity index (χ2v) is 4.97. The molecule has 21 heavy (non-hydrogen) atoms. The fourth-order valence-corrected chi connectivity index (χ4v) is 2.04. The molecule has 8 heteroatoms. The van der Waals surface area contributed by atoms with Gasteiger partial charge in [-0.1, -0.05) is 6.92 Å². The Morgan fingerprint density at radius 2 is 2.14 bits per heavy atom. The van der Waals surface area contributed by atoms with Gasteiger partial charge in [-0.2, -0.15) is 5.10 Å². The number of rotatable bonds is 6. The average molecular weight is 312 g/mol. The molecule has 5 nitrogen and oxygen atoms in total. The number of nitrogens with one attached hydrogen (secondary N) is 1. The quantitative estimate of drug-likeness (QED) is 0.634. The zero-order valence-electron chi connectivity index (χ0n) is 11.3. The molecule has 3 N–H and O–H groups in total. The summed E-state index contributed by atoms with van der Waals surface area (Å²) in [5.74, 6) is -1.51. The summed E-state index contributed by atoms with van der Waals surface area (Å²) in [7, 11) is 0. The molecule has 0 spiro atoms.